The summed E-state index contributed by atoms with van der Waals surface area (Å²) < 4.78 is 5.64. The van der Waals surface area contributed by atoms with E-state index in [4.69, 9.17) is 17.0 Å². The summed E-state index contributed by atoms with van der Waals surface area (Å²) >= 11 is 5.30. The van der Waals surface area contributed by atoms with E-state index in [9.17, 15) is 9.59 Å². The molecule has 0 atom stereocenters. The highest BCUT2D eigenvalue weighted by molar-refractivity contribution is 7.80. The second-order valence-corrected chi connectivity index (χ2v) is 7.78. The van der Waals surface area contributed by atoms with Crippen molar-refractivity contribution in [2.24, 2.45) is 0 Å². The van der Waals surface area contributed by atoms with Gasteiger partial charge in [0.25, 0.3) is 5.91 Å². The van der Waals surface area contributed by atoms with E-state index < -0.39 is 0 Å². The zero-order valence-corrected chi connectivity index (χ0v) is 19.3. The van der Waals surface area contributed by atoms with E-state index >= 15 is 0 Å². The Labute approximate surface area is 199 Å². The third-order valence-electron chi connectivity index (χ3n) is 4.71. The van der Waals surface area contributed by atoms with Gasteiger partial charge in [0, 0.05) is 17.8 Å². The second-order valence-electron chi connectivity index (χ2n) is 7.37. The predicted molar refractivity (Wildman–Crippen MR) is 136 cm³/mol. The highest BCUT2D eigenvalue weighted by atomic mass is 32.1. The minimum absolute atomic E-state index is 0.0735. The smallest absolute Gasteiger partial charge is 0.261 e. The van der Waals surface area contributed by atoms with E-state index in [2.05, 4.69) is 16.0 Å². The van der Waals surface area contributed by atoms with Crippen molar-refractivity contribution in [3.63, 3.8) is 0 Å². The summed E-state index contributed by atoms with van der Waals surface area (Å²) in [6.07, 6.45) is 1.90. The molecule has 0 fully saturated rings. The van der Waals surface area contributed by atoms with Gasteiger partial charge in [0.1, 0.15) is 5.75 Å². The van der Waals surface area contributed by atoms with Crippen LogP contribution < -0.4 is 20.7 Å². The van der Waals surface area contributed by atoms with Gasteiger partial charge in [-0.3, -0.25) is 14.9 Å². The van der Waals surface area contributed by atoms with Crippen molar-refractivity contribution >= 4 is 40.5 Å². The summed E-state index contributed by atoms with van der Waals surface area (Å²) in [5.41, 5.74) is 2.82. The number of hydrogen-bond acceptors (Lipinski definition) is 4. The monoisotopic (exact) mass is 461 g/mol. The Hall–Kier alpha value is -3.71. The van der Waals surface area contributed by atoms with Crippen molar-refractivity contribution < 1.29 is 14.3 Å². The molecule has 0 bridgehead atoms. The Morgan fingerprint density at radius 1 is 0.879 bits per heavy atom. The van der Waals surface area contributed by atoms with Crippen LogP contribution in [-0.2, 0) is 11.2 Å². The predicted octanol–water partition coefficient (Wildman–Crippen LogP) is 5.17. The average molecular weight is 462 g/mol. The van der Waals surface area contributed by atoms with Crippen molar-refractivity contribution in [3.05, 3.63) is 90.0 Å². The van der Waals surface area contributed by atoms with Crippen molar-refractivity contribution in [1.29, 1.82) is 0 Å². The minimum atomic E-state index is -0.357. The molecular weight excluding hydrogens is 434 g/mol. The molecule has 7 heteroatoms. The molecule has 0 aliphatic heterocycles. The lowest BCUT2D eigenvalue weighted by atomic mass is 10.1. The van der Waals surface area contributed by atoms with E-state index in [0.29, 0.717) is 42.1 Å². The van der Waals surface area contributed by atoms with Crippen molar-refractivity contribution in [3.8, 4) is 5.75 Å². The summed E-state index contributed by atoms with van der Waals surface area (Å²) in [6.45, 7) is 2.53. The molecule has 0 aromatic heterocycles. The summed E-state index contributed by atoms with van der Waals surface area (Å²) in [4.78, 5) is 25.0. The zero-order valence-electron chi connectivity index (χ0n) is 18.5. The lowest BCUT2D eigenvalue weighted by molar-refractivity contribution is -0.116. The highest BCUT2D eigenvalue weighted by Crippen LogP contribution is 2.19. The number of hydrogen-bond donors (Lipinski definition) is 3. The van der Waals surface area contributed by atoms with Gasteiger partial charge in [-0.25, -0.2) is 0 Å². The molecule has 170 valence electrons. The molecule has 3 rings (SSSR count). The van der Waals surface area contributed by atoms with Gasteiger partial charge in [0.2, 0.25) is 5.91 Å². The summed E-state index contributed by atoms with van der Waals surface area (Å²) in [5.74, 6) is 0.0833. The van der Waals surface area contributed by atoms with Crippen LogP contribution in [0.5, 0.6) is 5.75 Å². The number of anilines is 2. The van der Waals surface area contributed by atoms with Gasteiger partial charge in [0.05, 0.1) is 12.2 Å². The number of para-hydroxylation sites is 1. The molecule has 0 heterocycles. The molecular formula is C26H27N3O3S. The van der Waals surface area contributed by atoms with Gasteiger partial charge < -0.3 is 15.4 Å². The van der Waals surface area contributed by atoms with E-state index in [0.717, 1.165) is 12.0 Å². The number of thiocarbonyl (C=S) groups is 1. The van der Waals surface area contributed by atoms with Gasteiger partial charge in [0.15, 0.2) is 5.11 Å². The maximum absolute atomic E-state index is 12.7. The van der Waals surface area contributed by atoms with Gasteiger partial charge >= 0.3 is 0 Å². The Bertz CT molecular complexity index is 1100. The highest BCUT2D eigenvalue weighted by Gasteiger charge is 2.13. The van der Waals surface area contributed by atoms with Crippen LogP contribution in [0, 0.1) is 0 Å². The van der Waals surface area contributed by atoms with Gasteiger partial charge in [-0.2, -0.15) is 0 Å². The quantitative estimate of drug-likeness (QED) is 0.383. The maximum Gasteiger partial charge on any atom is 0.261 e. The topological polar surface area (TPSA) is 79.5 Å². The van der Waals surface area contributed by atoms with E-state index in [1.54, 1.807) is 42.5 Å². The molecule has 0 aliphatic rings. The summed E-state index contributed by atoms with van der Waals surface area (Å²) in [6, 6.07) is 24.1. The molecule has 0 saturated carbocycles. The molecule has 3 aromatic carbocycles. The fraction of sp³-hybridized carbons (Fsp3) is 0.192. The number of benzene rings is 3. The number of rotatable bonds is 9. The summed E-state index contributed by atoms with van der Waals surface area (Å²) in [5, 5.41) is 8.70. The van der Waals surface area contributed by atoms with Crippen LogP contribution in [0.15, 0.2) is 78.9 Å². The first-order valence-electron chi connectivity index (χ1n) is 10.8. The molecule has 3 aromatic rings. The third kappa shape index (κ3) is 7.73. The number of carbonyl (C=O) groups excluding carboxylic acids is 2. The number of nitrogens with one attached hydrogen (secondary N) is 3. The van der Waals surface area contributed by atoms with Crippen molar-refractivity contribution in [2.45, 2.75) is 26.2 Å². The normalized spacial score (nSPS) is 10.2. The zero-order chi connectivity index (χ0) is 23.5. The first kappa shape index (κ1) is 23.9. The summed E-state index contributed by atoms with van der Waals surface area (Å²) in [7, 11) is 0. The molecule has 6 nitrogen and oxygen atoms in total. The largest absolute Gasteiger partial charge is 0.493 e. The SMILES string of the molecule is CCCOc1ccccc1C(=O)NC(=S)Nc1cccc(NC(=O)CCc2ccccc2)c1. The first-order chi connectivity index (χ1) is 16.0. The maximum atomic E-state index is 12.7. The lowest BCUT2D eigenvalue weighted by Crippen LogP contribution is -2.34. The van der Waals surface area contributed by atoms with Gasteiger partial charge in [-0.1, -0.05) is 55.5 Å². The molecule has 0 spiro atoms. The standard InChI is InChI=1S/C26H27N3O3S/c1-2-17-32-23-14-7-6-13-22(23)25(31)29-26(33)28-21-12-8-11-20(18-21)27-24(30)16-15-19-9-4-3-5-10-19/h3-14,18H,2,15-17H2,1H3,(H,27,30)(H2,28,29,31,33). The molecule has 0 radical (unpaired) electrons. The van der Waals surface area contributed by atoms with Crippen molar-refractivity contribution in [1.82, 2.24) is 5.32 Å². The Balaban J connectivity index is 1.54. The fourth-order valence-corrected chi connectivity index (χ4v) is 3.34. The number of amides is 2. The van der Waals surface area contributed by atoms with Crippen molar-refractivity contribution in [2.75, 3.05) is 17.2 Å². The van der Waals surface area contributed by atoms with Crippen LogP contribution in [0.1, 0.15) is 35.7 Å². The van der Waals surface area contributed by atoms with E-state index in [-0.39, 0.29) is 16.9 Å². The molecule has 33 heavy (non-hydrogen) atoms. The van der Waals surface area contributed by atoms with Crippen LogP contribution in [0.3, 0.4) is 0 Å². The molecule has 0 saturated heterocycles. The van der Waals surface area contributed by atoms with Crippen LogP contribution in [-0.4, -0.2) is 23.5 Å². The number of aryl methyl sites for hydroxylation is 1. The molecule has 0 aliphatic carbocycles. The Morgan fingerprint density at radius 3 is 2.33 bits per heavy atom. The lowest BCUT2D eigenvalue weighted by Gasteiger charge is -2.13. The Kier molecular flexibility index (Phi) is 8.97. The van der Waals surface area contributed by atoms with Gasteiger partial charge in [-0.05, 0) is 61.0 Å². The van der Waals surface area contributed by atoms with Crippen LogP contribution in [0.4, 0.5) is 11.4 Å². The first-order valence-corrected chi connectivity index (χ1v) is 11.2. The average Bonchev–Trinajstić information content (AvgIpc) is 2.82. The number of carbonyl (C=O) groups is 2. The minimum Gasteiger partial charge on any atom is -0.493 e. The second kappa shape index (κ2) is 12.4. The van der Waals surface area contributed by atoms with Crippen LogP contribution >= 0.6 is 12.2 Å². The molecule has 3 N–H and O–H groups in total. The van der Waals surface area contributed by atoms with Gasteiger partial charge in [-0.15, -0.1) is 0 Å². The Morgan fingerprint density at radius 2 is 1.58 bits per heavy atom. The molecule has 2 amide bonds. The van der Waals surface area contributed by atoms with Crippen LogP contribution in [0.2, 0.25) is 0 Å². The van der Waals surface area contributed by atoms with E-state index in [1.165, 1.54) is 0 Å². The van der Waals surface area contributed by atoms with E-state index in [1.807, 2.05) is 43.3 Å². The van der Waals surface area contributed by atoms with Crippen LogP contribution in [0.25, 0.3) is 0 Å². The molecule has 0 unspecified atom stereocenters. The number of ether oxygens (including phenoxy) is 1. The fourth-order valence-electron chi connectivity index (χ4n) is 3.13. The third-order valence-corrected chi connectivity index (χ3v) is 4.91.